The standard InChI is InChI=1S/C14H23N3O/c1-4-17(10-9-14(18)16-11(2)3)13-8-6-5-7-12(13)15/h5-8,11H,4,9-10,15H2,1-3H3,(H,16,18). The highest BCUT2D eigenvalue weighted by Crippen LogP contribution is 2.22. The van der Waals surface area contributed by atoms with Gasteiger partial charge in [0.05, 0.1) is 11.4 Å². The Balaban J connectivity index is 2.58. The van der Waals surface area contributed by atoms with Crippen molar-refractivity contribution < 1.29 is 4.79 Å². The average Bonchev–Trinajstić information content (AvgIpc) is 2.31. The normalized spacial score (nSPS) is 10.4. The van der Waals surface area contributed by atoms with E-state index in [9.17, 15) is 4.79 Å². The molecule has 4 nitrogen and oxygen atoms in total. The molecule has 0 aliphatic rings. The van der Waals surface area contributed by atoms with E-state index in [1.165, 1.54) is 0 Å². The van der Waals surface area contributed by atoms with Gasteiger partial charge in [-0.3, -0.25) is 4.79 Å². The van der Waals surface area contributed by atoms with Crippen LogP contribution in [0.4, 0.5) is 11.4 Å². The Kier molecular flexibility index (Phi) is 5.49. The lowest BCUT2D eigenvalue weighted by Gasteiger charge is -2.24. The molecule has 3 N–H and O–H groups in total. The van der Waals surface area contributed by atoms with Crippen LogP contribution in [0.2, 0.25) is 0 Å². The predicted molar refractivity (Wildman–Crippen MR) is 76.6 cm³/mol. The lowest BCUT2D eigenvalue weighted by atomic mass is 10.2. The molecule has 1 rings (SSSR count). The van der Waals surface area contributed by atoms with Crippen molar-refractivity contribution in [3.63, 3.8) is 0 Å². The first-order valence-corrected chi connectivity index (χ1v) is 6.43. The molecule has 0 unspecified atom stereocenters. The Labute approximate surface area is 109 Å². The number of nitrogen functional groups attached to an aromatic ring is 1. The first-order chi connectivity index (χ1) is 8.54. The summed E-state index contributed by atoms with van der Waals surface area (Å²) < 4.78 is 0. The highest BCUT2D eigenvalue weighted by molar-refractivity contribution is 5.77. The summed E-state index contributed by atoms with van der Waals surface area (Å²) in [6.45, 7) is 7.51. The van der Waals surface area contributed by atoms with Crippen LogP contribution in [0.3, 0.4) is 0 Å². The van der Waals surface area contributed by atoms with Gasteiger partial charge in [-0.2, -0.15) is 0 Å². The summed E-state index contributed by atoms with van der Waals surface area (Å²) in [5.41, 5.74) is 7.69. The minimum absolute atomic E-state index is 0.0814. The van der Waals surface area contributed by atoms with Gasteiger partial charge in [0, 0.05) is 25.6 Å². The van der Waals surface area contributed by atoms with Gasteiger partial charge in [-0.1, -0.05) is 12.1 Å². The topological polar surface area (TPSA) is 58.4 Å². The Morgan fingerprint density at radius 3 is 2.61 bits per heavy atom. The predicted octanol–water partition coefficient (Wildman–Crippen LogP) is 2.01. The maximum atomic E-state index is 11.6. The molecule has 0 aliphatic carbocycles. The van der Waals surface area contributed by atoms with Gasteiger partial charge < -0.3 is 16.0 Å². The third-order valence-electron chi connectivity index (χ3n) is 2.72. The number of hydrogen-bond acceptors (Lipinski definition) is 3. The van der Waals surface area contributed by atoms with Crippen molar-refractivity contribution in [2.45, 2.75) is 33.2 Å². The Bertz CT molecular complexity index is 390. The Morgan fingerprint density at radius 2 is 2.06 bits per heavy atom. The Morgan fingerprint density at radius 1 is 1.39 bits per heavy atom. The molecule has 1 amide bonds. The number of carbonyl (C=O) groups is 1. The van der Waals surface area contributed by atoms with E-state index in [4.69, 9.17) is 5.73 Å². The van der Waals surface area contributed by atoms with E-state index in [1.807, 2.05) is 38.1 Å². The van der Waals surface area contributed by atoms with Crippen molar-refractivity contribution in [3.8, 4) is 0 Å². The molecule has 0 aromatic heterocycles. The summed E-state index contributed by atoms with van der Waals surface area (Å²) >= 11 is 0. The summed E-state index contributed by atoms with van der Waals surface area (Å²) in [5, 5.41) is 2.89. The number of anilines is 2. The molecule has 0 saturated heterocycles. The van der Waals surface area contributed by atoms with Crippen LogP contribution in [0.15, 0.2) is 24.3 Å². The van der Waals surface area contributed by atoms with Gasteiger partial charge in [0.25, 0.3) is 0 Å². The van der Waals surface area contributed by atoms with E-state index in [-0.39, 0.29) is 11.9 Å². The van der Waals surface area contributed by atoms with Crippen LogP contribution in [0, 0.1) is 0 Å². The zero-order valence-electron chi connectivity index (χ0n) is 11.4. The van der Waals surface area contributed by atoms with Crippen LogP contribution in [-0.4, -0.2) is 25.0 Å². The van der Waals surface area contributed by atoms with Crippen LogP contribution in [-0.2, 0) is 4.79 Å². The van der Waals surface area contributed by atoms with Gasteiger partial charge >= 0.3 is 0 Å². The number of rotatable bonds is 6. The molecule has 0 aliphatic heterocycles. The second kappa shape index (κ2) is 6.89. The van der Waals surface area contributed by atoms with Gasteiger partial charge in [-0.05, 0) is 32.9 Å². The third-order valence-corrected chi connectivity index (χ3v) is 2.72. The van der Waals surface area contributed by atoms with Crippen LogP contribution in [0.25, 0.3) is 0 Å². The minimum atomic E-state index is 0.0814. The number of carbonyl (C=O) groups excluding carboxylic acids is 1. The van der Waals surface area contributed by atoms with Gasteiger partial charge in [0.1, 0.15) is 0 Å². The lowest BCUT2D eigenvalue weighted by Crippen LogP contribution is -2.34. The Hall–Kier alpha value is -1.71. The van der Waals surface area contributed by atoms with Crippen molar-refractivity contribution in [2.24, 2.45) is 0 Å². The van der Waals surface area contributed by atoms with Crippen molar-refractivity contribution in [1.29, 1.82) is 0 Å². The fourth-order valence-electron chi connectivity index (χ4n) is 1.86. The van der Waals surface area contributed by atoms with E-state index in [0.717, 1.165) is 17.9 Å². The summed E-state index contributed by atoms with van der Waals surface area (Å²) in [6, 6.07) is 7.93. The fraction of sp³-hybridized carbons (Fsp3) is 0.500. The number of para-hydroxylation sites is 2. The van der Waals surface area contributed by atoms with Crippen LogP contribution >= 0.6 is 0 Å². The van der Waals surface area contributed by atoms with Gasteiger partial charge in [0.2, 0.25) is 5.91 Å². The van der Waals surface area contributed by atoms with Crippen LogP contribution in [0.1, 0.15) is 27.2 Å². The highest BCUT2D eigenvalue weighted by Gasteiger charge is 2.10. The molecule has 0 bridgehead atoms. The second-order valence-electron chi connectivity index (χ2n) is 4.61. The first-order valence-electron chi connectivity index (χ1n) is 6.43. The average molecular weight is 249 g/mol. The number of nitrogens with two attached hydrogens (primary N) is 1. The van der Waals surface area contributed by atoms with E-state index >= 15 is 0 Å². The SMILES string of the molecule is CCN(CCC(=O)NC(C)C)c1ccccc1N. The molecule has 4 heteroatoms. The number of benzene rings is 1. The molecule has 1 aromatic rings. The molecule has 0 heterocycles. The number of hydrogen-bond donors (Lipinski definition) is 2. The molecule has 1 aromatic carbocycles. The highest BCUT2D eigenvalue weighted by atomic mass is 16.1. The summed E-state index contributed by atoms with van der Waals surface area (Å²) in [5.74, 6) is 0.0814. The monoisotopic (exact) mass is 249 g/mol. The van der Waals surface area contributed by atoms with E-state index in [0.29, 0.717) is 13.0 Å². The van der Waals surface area contributed by atoms with Gasteiger partial charge in [-0.15, -0.1) is 0 Å². The molecular weight excluding hydrogens is 226 g/mol. The number of amides is 1. The van der Waals surface area contributed by atoms with E-state index < -0.39 is 0 Å². The number of nitrogens with zero attached hydrogens (tertiary/aromatic N) is 1. The van der Waals surface area contributed by atoms with E-state index in [2.05, 4.69) is 17.1 Å². The zero-order valence-corrected chi connectivity index (χ0v) is 11.4. The van der Waals surface area contributed by atoms with Crippen molar-refractivity contribution >= 4 is 17.3 Å². The van der Waals surface area contributed by atoms with Crippen molar-refractivity contribution in [3.05, 3.63) is 24.3 Å². The van der Waals surface area contributed by atoms with Crippen LogP contribution in [0.5, 0.6) is 0 Å². The second-order valence-corrected chi connectivity index (χ2v) is 4.61. The first kappa shape index (κ1) is 14.4. The molecule has 0 atom stereocenters. The smallest absolute Gasteiger partial charge is 0.221 e. The summed E-state index contributed by atoms with van der Waals surface area (Å²) in [4.78, 5) is 13.7. The lowest BCUT2D eigenvalue weighted by molar-refractivity contribution is -0.121. The number of nitrogens with one attached hydrogen (secondary N) is 1. The molecule has 0 spiro atoms. The maximum Gasteiger partial charge on any atom is 0.221 e. The zero-order chi connectivity index (χ0) is 13.5. The molecule has 100 valence electrons. The molecule has 0 fully saturated rings. The quantitative estimate of drug-likeness (QED) is 0.758. The molecule has 0 radical (unpaired) electrons. The minimum Gasteiger partial charge on any atom is -0.397 e. The summed E-state index contributed by atoms with van der Waals surface area (Å²) in [7, 11) is 0. The van der Waals surface area contributed by atoms with Crippen LogP contribution < -0.4 is 16.0 Å². The van der Waals surface area contributed by atoms with Crippen molar-refractivity contribution in [1.82, 2.24) is 5.32 Å². The molecule has 18 heavy (non-hydrogen) atoms. The molecular formula is C14H23N3O. The third kappa shape index (κ3) is 4.28. The maximum absolute atomic E-state index is 11.6. The molecule has 0 saturated carbocycles. The van der Waals surface area contributed by atoms with Gasteiger partial charge in [0.15, 0.2) is 0 Å². The van der Waals surface area contributed by atoms with Gasteiger partial charge in [-0.25, -0.2) is 0 Å². The summed E-state index contributed by atoms with van der Waals surface area (Å²) in [6.07, 6.45) is 0.486. The van der Waals surface area contributed by atoms with E-state index in [1.54, 1.807) is 0 Å². The largest absolute Gasteiger partial charge is 0.397 e. The van der Waals surface area contributed by atoms with Crippen molar-refractivity contribution in [2.75, 3.05) is 23.7 Å². The fourth-order valence-corrected chi connectivity index (χ4v) is 1.86.